The maximum atomic E-state index is 11.9. The Labute approximate surface area is 154 Å². The van der Waals surface area contributed by atoms with Gasteiger partial charge in [-0.1, -0.05) is 13.8 Å². The molecule has 3 N–H and O–H groups in total. The van der Waals surface area contributed by atoms with Crippen LogP contribution in [0.4, 0.5) is 4.79 Å². The number of carbonyl (C=O) groups is 2. The summed E-state index contributed by atoms with van der Waals surface area (Å²) in [4.78, 5) is 26.6. The number of thiophene rings is 1. The van der Waals surface area contributed by atoms with Crippen molar-refractivity contribution in [3.8, 4) is 0 Å². The molecule has 9 heteroatoms. The summed E-state index contributed by atoms with van der Waals surface area (Å²) in [5.41, 5.74) is 4.79. The van der Waals surface area contributed by atoms with Crippen LogP contribution in [0.25, 0.3) is 0 Å². The summed E-state index contributed by atoms with van der Waals surface area (Å²) < 4.78 is 6.24. The van der Waals surface area contributed by atoms with E-state index in [1.54, 1.807) is 12.1 Å². The van der Waals surface area contributed by atoms with Crippen LogP contribution in [0.3, 0.4) is 0 Å². The fourth-order valence-corrected chi connectivity index (χ4v) is 3.83. The minimum absolute atomic E-state index is 0.239. The summed E-state index contributed by atoms with van der Waals surface area (Å²) in [5, 5.41) is 2.82. The van der Waals surface area contributed by atoms with E-state index < -0.39 is 6.03 Å². The van der Waals surface area contributed by atoms with E-state index in [-0.39, 0.29) is 11.9 Å². The second-order valence-electron chi connectivity index (χ2n) is 5.85. The summed E-state index contributed by atoms with van der Waals surface area (Å²) in [6, 6.07) is 3.30. The van der Waals surface area contributed by atoms with E-state index in [1.807, 2.05) is 0 Å². The van der Waals surface area contributed by atoms with Gasteiger partial charge >= 0.3 is 6.03 Å². The maximum absolute atomic E-state index is 11.9. The molecule has 0 aromatic carbocycles. The van der Waals surface area contributed by atoms with Crippen LogP contribution in [0.2, 0.25) is 0 Å². The van der Waals surface area contributed by atoms with Crippen molar-refractivity contribution in [1.29, 1.82) is 0 Å². The number of hydrogen-bond donors (Lipinski definition) is 3. The second kappa shape index (κ2) is 9.36. The Morgan fingerprint density at radius 2 is 2.00 bits per heavy atom. The highest BCUT2D eigenvalue weighted by atomic mass is 79.9. The molecule has 0 bridgehead atoms. The molecule has 0 saturated carbocycles. The maximum Gasteiger partial charge on any atom is 0.333 e. The Morgan fingerprint density at radius 3 is 2.58 bits per heavy atom. The molecule has 1 aliphatic rings. The second-order valence-corrected chi connectivity index (χ2v) is 8.32. The molecule has 1 fully saturated rings. The van der Waals surface area contributed by atoms with Crippen LogP contribution in [0, 0.1) is 5.92 Å². The molecule has 1 saturated heterocycles. The first kappa shape index (κ1) is 19.2. The molecule has 2 heterocycles. The van der Waals surface area contributed by atoms with Crippen molar-refractivity contribution in [1.82, 2.24) is 21.1 Å². The molecular formula is C15H23BrN4O3S. The lowest BCUT2D eigenvalue weighted by molar-refractivity contribution is 0.00717. The van der Waals surface area contributed by atoms with Gasteiger partial charge in [0.15, 0.2) is 0 Å². The predicted octanol–water partition coefficient (Wildman–Crippen LogP) is 1.81. The Balaban J connectivity index is 1.75. The lowest BCUT2D eigenvalue weighted by atomic mass is 10.0. The van der Waals surface area contributed by atoms with E-state index in [0.29, 0.717) is 17.3 Å². The molecule has 24 heavy (non-hydrogen) atoms. The topological polar surface area (TPSA) is 82.7 Å². The summed E-state index contributed by atoms with van der Waals surface area (Å²) in [6.45, 7) is 7.98. The van der Waals surface area contributed by atoms with Gasteiger partial charge in [0.05, 0.1) is 21.9 Å². The predicted molar refractivity (Wildman–Crippen MR) is 97.0 cm³/mol. The molecule has 0 aliphatic carbocycles. The number of amides is 3. The number of carbonyl (C=O) groups excluding carboxylic acids is 2. The third kappa shape index (κ3) is 5.73. The van der Waals surface area contributed by atoms with Crippen LogP contribution < -0.4 is 16.2 Å². The normalized spacial score (nSPS) is 16.7. The van der Waals surface area contributed by atoms with Gasteiger partial charge in [-0.3, -0.25) is 15.1 Å². The number of morpholine rings is 1. The number of urea groups is 1. The number of nitrogens with one attached hydrogen (secondary N) is 3. The molecule has 1 unspecified atom stereocenters. The highest BCUT2D eigenvalue weighted by Crippen LogP contribution is 2.21. The van der Waals surface area contributed by atoms with Crippen LogP contribution in [0.1, 0.15) is 23.5 Å². The lowest BCUT2D eigenvalue weighted by Gasteiger charge is -2.36. The van der Waals surface area contributed by atoms with Crippen molar-refractivity contribution >= 4 is 39.2 Å². The first-order valence-electron chi connectivity index (χ1n) is 7.88. The SMILES string of the molecule is CC(C)C(CNC(=O)NNC(=O)c1ccc(Br)s1)N1CCOCC1. The monoisotopic (exact) mass is 418 g/mol. The average molecular weight is 419 g/mol. The zero-order chi connectivity index (χ0) is 17.5. The average Bonchev–Trinajstić information content (AvgIpc) is 3.00. The van der Waals surface area contributed by atoms with Crippen molar-refractivity contribution in [2.45, 2.75) is 19.9 Å². The molecule has 2 rings (SSSR count). The van der Waals surface area contributed by atoms with Crippen LogP contribution >= 0.6 is 27.3 Å². The van der Waals surface area contributed by atoms with Crippen molar-refractivity contribution in [2.24, 2.45) is 5.92 Å². The zero-order valence-corrected chi connectivity index (χ0v) is 16.2. The summed E-state index contributed by atoms with van der Waals surface area (Å²) in [7, 11) is 0. The number of rotatable bonds is 5. The molecule has 0 spiro atoms. The Morgan fingerprint density at radius 1 is 1.29 bits per heavy atom. The Hall–Kier alpha value is -1.16. The number of hydrazine groups is 1. The quantitative estimate of drug-likeness (QED) is 0.636. The van der Waals surface area contributed by atoms with E-state index >= 15 is 0 Å². The first-order valence-corrected chi connectivity index (χ1v) is 9.49. The number of halogens is 1. The van der Waals surface area contributed by atoms with Crippen molar-refractivity contribution in [3.05, 3.63) is 20.8 Å². The molecule has 7 nitrogen and oxygen atoms in total. The molecule has 1 aliphatic heterocycles. The largest absolute Gasteiger partial charge is 0.379 e. The molecular weight excluding hydrogens is 396 g/mol. The molecule has 1 aromatic heterocycles. The van der Waals surface area contributed by atoms with Gasteiger partial charge in [0.1, 0.15) is 0 Å². The van der Waals surface area contributed by atoms with Gasteiger partial charge < -0.3 is 10.1 Å². The van der Waals surface area contributed by atoms with Crippen LogP contribution in [0.5, 0.6) is 0 Å². The van der Waals surface area contributed by atoms with Crippen LogP contribution in [-0.4, -0.2) is 55.7 Å². The van der Waals surface area contributed by atoms with Crippen molar-refractivity contribution in [2.75, 3.05) is 32.8 Å². The smallest absolute Gasteiger partial charge is 0.333 e. The molecule has 1 atom stereocenters. The molecule has 0 radical (unpaired) electrons. The van der Waals surface area contributed by atoms with Gasteiger partial charge in [0.25, 0.3) is 5.91 Å². The number of nitrogens with zero attached hydrogens (tertiary/aromatic N) is 1. The van der Waals surface area contributed by atoms with Gasteiger partial charge in [0, 0.05) is 25.7 Å². The minimum atomic E-state index is -0.419. The van der Waals surface area contributed by atoms with Crippen LogP contribution in [-0.2, 0) is 4.74 Å². The third-order valence-corrected chi connectivity index (χ3v) is 5.46. The van der Waals surface area contributed by atoms with Gasteiger partial charge in [-0.05, 0) is 34.0 Å². The fourth-order valence-electron chi connectivity index (χ4n) is 2.55. The lowest BCUT2D eigenvalue weighted by Crippen LogP contribution is -2.54. The van der Waals surface area contributed by atoms with Crippen LogP contribution in [0.15, 0.2) is 15.9 Å². The van der Waals surface area contributed by atoms with E-state index in [1.165, 1.54) is 11.3 Å². The van der Waals surface area contributed by atoms with Gasteiger partial charge in [0.2, 0.25) is 0 Å². The van der Waals surface area contributed by atoms with Gasteiger partial charge in [-0.25, -0.2) is 10.2 Å². The molecule has 134 valence electrons. The van der Waals surface area contributed by atoms with Gasteiger partial charge in [-0.2, -0.15) is 0 Å². The number of ether oxygens (including phenoxy) is 1. The third-order valence-electron chi connectivity index (χ3n) is 3.84. The summed E-state index contributed by atoms with van der Waals surface area (Å²) in [5.74, 6) is 0.0656. The summed E-state index contributed by atoms with van der Waals surface area (Å²) >= 11 is 4.60. The van der Waals surface area contributed by atoms with E-state index in [2.05, 4.69) is 50.8 Å². The Bertz CT molecular complexity index is 561. The van der Waals surface area contributed by atoms with E-state index in [0.717, 1.165) is 30.1 Å². The van der Waals surface area contributed by atoms with Gasteiger partial charge in [-0.15, -0.1) is 11.3 Å². The van der Waals surface area contributed by atoms with Crippen molar-refractivity contribution in [3.63, 3.8) is 0 Å². The Kier molecular flexibility index (Phi) is 7.47. The summed E-state index contributed by atoms with van der Waals surface area (Å²) in [6.07, 6.45) is 0. The standard InChI is InChI=1S/C15H23BrN4O3S/c1-10(2)11(20-5-7-23-8-6-20)9-17-15(22)19-18-14(21)12-3-4-13(16)24-12/h3-4,10-11H,5-9H2,1-2H3,(H,18,21)(H2,17,19,22). The highest BCUT2D eigenvalue weighted by Gasteiger charge is 2.24. The van der Waals surface area contributed by atoms with E-state index in [4.69, 9.17) is 4.74 Å². The first-order chi connectivity index (χ1) is 11.5. The highest BCUT2D eigenvalue weighted by molar-refractivity contribution is 9.11. The molecule has 3 amide bonds. The van der Waals surface area contributed by atoms with E-state index in [9.17, 15) is 9.59 Å². The molecule has 1 aromatic rings. The fraction of sp³-hybridized carbons (Fsp3) is 0.600. The zero-order valence-electron chi connectivity index (χ0n) is 13.8. The number of hydrogen-bond acceptors (Lipinski definition) is 5. The van der Waals surface area contributed by atoms with Crippen molar-refractivity contribution < 1.29 is 14.3 Å². The minimum Gasteiger partial charge on any atom is -0.379 e.